The lowest BCUT2D eigenvalue weighted by Gasteiger charge is -2.50. The molecule has 0 spiro atoms. The van der Waals surface area contributed by atoms with Gasteiger partial charge in [-0.1, -0.05) is 20.8 Å². The summed E-state index contributed by atoms with van der Waals surface area (Å²) in [5.74, 6) is 0.887. The summed E-state index contributed by atoms with van der Waals surface area (Å²) >= 11 is 0. The molecular weight excluding hydrogens is 262 g/mol. The Morgan fingerprint density at radius 1 is 1.38 bits per heavy atom. The van der Waals surface area contributed by atoms with Gasteiger partial charge >= 0.3 is 0 Å². The molecule has 0 radical (unpaired) electrons. The molecule has 0 aromatic carbocycles. The minimum Gasteiger partial charge on any atom is -0.324 e. The number of carbonyl (C=O) groups is 1. The summed E-state index contributed by atoms with van der Waals surface area (Å²) in [6, 6.07) is 0. The van der Waals surface area contributed by atoms with Crippen molar-refractivity contribution in [3.8, 4) is 0 Å². The highest BCUT2D eigenvalue weighted by molar-refractivity contribution is 5.88. The fourth-order valence-corrected chi connectivity index (χ4v) is 3.68. The Bertz CT molecular complexity index is 389. The van der Waals surface area contributed by atoms with Crippen LogP contribution in [0.3, 0.4) is 0 Å². The average molecular weight is 295 g/mol. The molecule has 1 aliphatic carbocycles. The van der Waals surface area contributed by atoms with Gasteiger partial charge in [-0.3, -0.25) is 10.1 Å². The number of likely N-dealkylation sites (N-methyl/N-ethyl adjacent to an activating group) is 1. The van der Waals surface area contributed by atoms with Gasteiger partial charge in [-0.25, -0.2) is 0 Å². The van der Waals surface area contributed by atoms with E-state index < -0.39 is 0 Å². The fraction of sp³-hybridized carbons (Fsp3) is 0.941. The van der Waals surface area contributed by atoms with Gasteiger partial charge in [-0.05, 0) is 59.0 Å². The first-order valence-corrected chi connectivity index (χ1v) is 8.50. The van der Waals surface area contributed by atoms with Gasteiger partial charge in [0.1, 0.15) is 0 Å². The first-order chi connectivity index (χ1) is 9.74. The van der Waals surface area contributed by atoms with Crippen LogP contribution in [0.25, 0.3) is 0 Å². The van der Waals surface area contributed by atoms with Gasteiger partial charge in [0.25, 0.3) is 0 Å². The molecule has 122 valence electrons. The second-order valence-electron chi connectivity index (χ2n) is 7.88. The summed E-state index contributed by atoms with van der Waals surface area (Å²) in [5, 5.41) is 3.62. The van der Waals surface area contributed by atoms with E-state index in [4.69, 9.17) is 0 Å². The molecule has 1 saturated carbocycles. The lowest BCUT2D eigenvalue weighted by atomic mass is 9.75. The van der Waals surface area contributed by atoms with Crippen LogP contribution in [-0.2, 0) is 4.79 Å². The summed E-state index contributed by atoms with van der Waals surface area (Å²) in [4.78, 5) is 17.4. The Morgan fingerprint density at radius 2 is 2.00 bits per heavy atom. The molecule has 2 fully saturated rings. The molecule has 1 aliphatic heterocycles. The fourth-order valence-electron chi connectivity index (χ4n) is 3.68. The molecular formula is C17H33N3O. The molecule has 1 amide bonds. The number of hydrogen-bond donors (Lipinski definition) is 1. The minimum atomic E-state index is -0.378. The number of amides is 1. The molecule has 2 atom stereocenters. The Hall–Kier alpha value is -0.610. The van der Waals surface area contributed by atoms with E-state index in [9.17, 15) is 4.79 Å². The lowest BCUT2D eigenvalue weighted by Crippen LogP contribution is -2.59. The van der Waals surface area contributed by atoms with Crippen molar-refractivity contribution in [2.45, 2.75) is 77.0 Å². The largest absolute Gasteiger partial charge is 0.324 e. The third kappa shape index (κ3) is 2.98. The van der Waals surface area contributed by atoms with Gasteiger partial charge in [0.05, 0.1) is 11.7 Å². The van der Waals surface area contributed by atoms with Gasteiger partial charge < -0.3 is 9.80 Å². The molecule has 4 nitrogen and oxygen atoms in total. The van der Waals surface area contributed by atoms with Crippen molar-refractivity contribution < 1.29 is 4.79 Å². The van der Waals surface area contributed by atoms with Crippen molar-refractivity contribution in [1.82, 2.24) is 15.1 Å². The third-order valence-electron chi connectivity index (χ3n) is 5.69. The molecule has 1 heterocycles. The highest BCUT2D eigenvalue weighted by Gasteiger charge is 2.51. The minimum absolute atomic E-state index is 0.194. The standard InChI is InChI=1S/C17H33N3O/c1-7-16(4)15(21)20(14(18-16)11-13(2)3)12-17(19(5)6)9-8-10-17/h13-14,18H,7-12H2,1-6H3. The van der Waals surface area contributed by atoms with E-state index in [-0.39, 0.29) is 17.2 Å². The van der Waals surface area contributed by atoms with E-state index in [1.54, 1.807) is 0 Å². The molecule has 2 unspecified atom stereocenters. The second kappa shape index (κ2) is 5.88. The van der Waals surface area contributed by atoms with Crippen molar-refractivity contribution in [3.05, 3.63) is 0 Å². The van der Waals surface area contributed by atoms with E-state index in [0.29, 0.717) is 11.8 Å². The summed E-state index contributed by atoms with van der Waals surface area (Å²) in [7, 11) is 4.31. The van der Waals surface area contributed by atoms with E-state index in [1.165, 1.54) is 19.3 Å². The van der Waals surface area contributed by atoms with Gasteiger partial charge in [0.2, 0.25) is 5.91 Å². The molecule has 0 aromatic rings. The SMILES string of the molecule is CCC1(C)NC(CC(C)C)N(CC2(N(C)C)CCC2)C1=O. The predicted octanol–water partition coefficient (Wildman–Crippen LogP) is 2.44. The van der Waals surface area contributed by atoms with Crippen LogP contribution in [0.5, 0.6) is 0 Å². The van der Waals surface area contributed by atoms with Gasteiger partial charge in [0, 0.05) is 12.1 Å². The van der Waals surface area contributed by atoms with Crippen LogP contribution >= 0.6 is 0 Å². The number of rotatable bonds is 6. The number of hydrogen-bond acceptors (Lipinski definition) is 3. The van der Waals surface area contributed by atoms with Crippen LogP contribution in [0.15, 0.2) is 0 Å². The van der Waals surface area contributed by atoms with Crippen LogP contribution < -0.4 is 5.32 Å². The van der Waals surface area contributed by atoms with Crippen molar-refractivity contribution in [2.24, 2.45) is 5.92 Å². The van der Waals surface area contributed by atoms with E-state index >= 15 is 0 Å². The zero-order chi connectivity index (χ0) is 15.8. The normalized spacial score (nSPS) is 32.1. The Balaban J connectivity index is 2.19. The second-order valence-corrected chi connectivity index (χ2v) is 7.88. The molecule has 0 bridgehead atoms. The maximum Gasteiger partial charge on any atom is 0.243 e. The first-order valence-electron chi connectivity index (χ1n) is 8.50. The molecule has 2 rings (SSSR count). The molecule has 4 heteroatoms. The first kappa shape index (κ1) is 16.8. The average Bonchev–Trinajstić information content (AvgIpc) is 2.56. The predicted molar refractivity (Wildman–Crippen MR) is 87.1 cm³/mol. The lowest BCUT2D eigenvalue weighted by molar-refractivity contribution is -0.136. The zero-order valence-electron chi connectivity index (χ0n) is 14.7. The summed E-state index contributed by atoms with van der Waals surface area (Å²) < 4.78 is 0. The summed E-state index contributed by atoms with van der Waals surface area (Å²) in [5.41, 5.74) is -0.178. The summed E-state index contributed by atoms with van der Waals surface area (Å²) in [6.07, 6.45) is 5.78. The quantitative estimate of drug-likeness (QED) is 0.817. The topological polar surface area (TPSA) is 35.6 Å². The number of nitrogens with one attached hydrogen (secondary N) is 1. The molecule has 21 heavy (non-hydrogen) atoms. The van der Waals surface area contributed by atoms with E-state index in [1.807, 2.05) is 0 Å². The maximum absolute atomic E-state index is 12.9. The van der Waals surface area contributed by atoms with Crippen molar-refractivity contribution in [3.63, 3.8) is 0 Å². The molecule has 0 aromatic heterocycles. The van der Waals surface area contributed by atoms with Gasteiger partial charge in [-0.2, -0.15) is 0 Å². The van der Waals surface area contributed by atoms with Crippen molar-refractivity contribution in [1.29, 1.82) is 0 Å². The van der Waals surface area contributed by atoms with E-state index in [2.05, 4.69) is 56.9 Å². The number of nitrogens with zero attached hydrogens (tertiary/aromatic N) is 2. The highest BCUT2D eigenvalue weighted by atomic mass is 16.2. The number of carbonyl (C=O) groups excluding carboxylic acids is 1. The summed E-state index contributed by atoms with van der Waals surface area (Å²) in [6.45, 7) is 9.50. The van der Waals surface area contributed by atoms with Gasteiger partial charge in [0.15, 0.2) is 0 Å². The highest BCUT2D eigenvalue weighted by Crippen LogP contribution is 2.39. The Labute approximate surface area is 130 Å². The van der Waals surface area contributed by atoms with Crippen LogP contribution in [-0.4, -0.2) is 53.6 Å². The smallest absolute Gasteiger partial charge is 0.243 e. The van der Waals surface area contributed by atoms with Crippen molar-refractivity contribution in [2.75, 3.05) is 20.6 Å². The maximum atomic E-state index is 12.9. The van der Waals surface area contributed by atoms with Crippen molar-refractivity contribution >= 4 is 5.91 Å². The molecule has 1 N–H and O–H groups in total. The third-order valence-corrected chi connectivity index (χ3v) is 5.69. The molecule has 2 aliphatic rings. The van der Waals surface area contributed by atoms with E-state index in [0.717, 1.165) is 19.4 Å². The van der Waals surface area contributed by atoms with Crippen LogP contribution in [0, 0.1) is 5.92 Å². The zero-order valence-corrected chi connectivity index (χ0v) is 14.7. The van der Waals surface area contributed by atoms with Gasteiger partial charge in [-0.15, -0.1) is 0 Å². The molecule has 1 saturated heterocycles. The Kier molecular flexibility index (Phi) is 4.69. The monoisotopic (exact) mass is 295 g/mol. The van der Waals surface area contributed by atoms with Crippen LogP contribution in [0.1, 0.15) is 59.8 Å². The van der Waals surface area contributed by atoms with Crippen LogP contribution in [0.4, 0.5) is 0 Å². The van der Waals surface area contributed by atoms with Crippen LogP contribution in [0.2, 0.25) is 0 Å². The Morgan fingerprint density at radius 3 is 2.38 bits per heavy atom.